The van der Waals surface area contributed by atoms with E-state index in [1.165, 1.54) is 0 Å². The number of alkyl carbamates (subject to hydrolysis) is 1. The maximum absolute atomic E-state index is 11.4. The van der Waals surface area contributed by atoms with Crippen LogP contribution >= 0.6 is 0 Å². The number of nitrogens with one attached hydrogen (secondary N) is 2. The van der Waals surface area contributed by atoms with Gasteiger partial charge in [0.05, 0.1) is 18.7 Å². The molecule has 0 radical (unpaired) electrons. The van der Waals surface area contributed by atoms with Crippen LogP contribution in [-0.2, 0) is 14.3 Å². The number of aliphatic hydroxyl groups excluding tert-OH is 1. The zero-order valence-electron chi connectivity index (χ0n) is 17.7. The van der Waals surface area contributed by atoms with Crippen molar-refractivity contribution in [1.29, 1.82) is 0 Å². The van der Waals surface area contributed by atoms with Gasteiger partial charge in [0.15, 0.2) is 0 Å². The normalized spacial score (nSPS) is 21.3. The van der Waals surface area contributed by atoms with Gasteiger partial charge in [0.25, 0.3) is 5.97 Å². The van der Waals surface area contributed by atoms with Crippen molar-refractivity contribution < 1.29 is 34.1 Å². The topological polar surface area (TPSA) is 163 Å². The van der Waals surface area contributed by atoms with Gasteiger partial charge in [0.1, 0.15) is 13.2 Å². The van der Waals surface area contributed by atoms with E-state index in [-0.39, 0.29) is 66.6 Å². The number of rotatable bonds is 2. The van der Waals surface area contributed by atoms with Crippen LogP contribution in [-0.4, -0.2) is 90.3 Å². The molecule has 0 aromatic carbocycles. The summed E-state index contributed by atoms with van der Waals surface area (Å²) in [6.45, 7) is 9.96. The van der Waals surface area contributed by atoms with Crippen LogP contribution in [0.5, 0.6) is 0 Å². The lowest BCUT2D eigenvalue weighted by Gasteiger charge is -2.32. The molecular formula is C22H52N4O7. The Bertz CT molecular complexity index is 497. The second-order valence-electron chi connectivity index (χ2n) is 7.14. The molecule has 3 fully saturated rings. The van der Waals surface area contributed by atoms with Gasteiger partial charge in [-0.1, -0.05) is 29.7 Å². The number of nitrogens with zero attached hydrogens (tertiary/aromatic N) is 1. The molecule has 11 nitrogen and oxygen atoms in total. The fraction of sp³-hybridized carbons (Fsp3) is 0.864. The molecule has 3 aliphatic rings. The summed E-state index contributed by atoms with van der Waals surface area (Å²) in [6.07, 6.45) is 1.69. The molecule has 3 saturated heterocycles. The molecule has 0 aromatic heterocycles. The van der Waals surface area contributed by atoms with Gasteiger partial charge in [-0.3, -0.25) is 9.69 Å². The standard InChI is InChI=1S/C9H16N2O2.C4H7NO2.C3H9NO.C2H4O2.4CH4/c1-7-6-13-9(12)11(7)8-2-4-10-5-3-8;1-3-2-7-4(6)5-3;1-3(4)2-5;1-2(3)4;;;;/h7-8,10H,2-6H2,1H3;3H,2H2,1H3,(H,5,6);3,5H,2,4H2,1H3;1H3,(H,3,4);4*1H4/t7-;2*3-;;;;;/m111...../s1. The minimum Gasteiger partial charge on any atom is -0.481 e. The van der Waals surface area contributed by atoms with Gasteiger partial charge < -0.3 is 36.1 Å². The smallest absolute Gasteiger partial charge is 0.410 e. The summed E-state index contributed by atoms with van der Waals surface area (Å²) in [6, 6.07) is 0.796. The summed E-state index contributed by atoms with van der Waals surface area (Å²) in [5, 5.41) is 21.3. The van der Waals surface area contributed by atoms with E-state index in [1.54, 1.807) is 6.92 Å². The molecule has 202 valence electrons. The molecule has 0 aliphatic carbocycles. The van der Waals surface area contributed by atoms with Crippen LogP contribution in [0.4, 0.5) is 9.59 Å². The summed E-state index contributed by atoms with van der Waals surface area (Å²) in [5.74, 6) is -0.833. The molecular weight excluding hydrogens is 432 g/mol. The second-order valence-corrected chi connectivity index (χ2v) is 7.14. The van der Waals surface area contributed by atoms with Crippen LogP contribution in [0.25, 0.3) is 0 Å². The van der Waals surface area contributed by atoms with E-state index in [1.807, 2.05) is 18.7 Å². The molecule has 6 N–H and O–H groups in total. The van der Waals surface area contributed by atoms with Crippen LogP contribution in [0.1, 0.15) is 70.2 Å². The maximum atomic E-state index is 11.4. The highest BCUT2D eigenvalue weighted by atomic mass is 16.6. The molecule has 3 heterocycles. The van der Waals surface area contributed by atoms with E-state index >= 15 is 0 Å². The lowest BCUT2D eigenvalue weighted by molar-refractivity contribution is -0.134. The molecule has 3 atom stereocenters. The minimum absolute atomic E-state index is 0. The molecule has 11 heteroatoms. The Hall–Kier alpha value is -2.11. The summed E-state index contributed by atoms with van der Waals surface area (Å²) in [4.78, 5) is 32.4. The first kappa shape index (κ1) is 41.2. The Morgan fingerprint density at radius 1 is 1.12 bits per heavy atom. The zero-order valence-corrected chi connectivity index (χ0v) is 17.7. The summed E-state index contributed by atoms with van der Waals surface area (Å²) >= 11 is 0. The number of hydrogen-bond acceptors (Lipinski definition) is 8. The van der Waals surface area contributed by atoms with Crippen molar-refractivity contribution in [3.05, 3.63) is 0 Å². The van der Waals surface area contributed by atoms with Crippen molar-refractivity contribution >= 4 is 18.2 Å². The number of carbonyl (C=O) groups excluding carboxylic acids is 2. The van der Waals surface area contributed by atoms with E-state index in [9.17, 15) is 9.59 Å². The quantitative estimate of drug-likeness (QED) is 0.396. The Morgan fingerprint density at radius 2 is 1.58 bits per heavy atom. The lowest BCUT2D eigenvalue weighted by Crippen LogP contribution is -2.46. The largest absolute Gasteiger partial charge is 0.481 e. The molecule has 3 rings (SSSR count). The van der Waals surface area contributed by atoms with E-state index < -0.39 is 5.97 Å². The molecule has 3 aliphatic heterocycles. The van der Waals surface area contributed by atoms with Crippen molar-refractivity contribution in [3.8, 4) is 0 Å². The van der Waals surface area contributed by atoms with Gasteiger partial charge in [-0.05, 0) is 46.7 Å². The highest BCUT2D eigenvalue weighted by molar-refractivity contribution is 5.70. The number of carbonyl (C=O) groups is 3. The van der Waals surface area contributed by atoms with Crippen molar-refractivity contribution in [2.24, 2.45) is 5.73 Å². The molecule has 33 heavy (non-hydrogen) atoms. The summed E-state index contributed by atoms with van der Waals surface area (Å²) < 4.78 is 9.51. The number of ether oxygens (including phenoxy) is 2. The Labute approximate surface area is 201 Å². The van der Waals surface area contributed by atoms with Gasteiger partial charge in [-0.2, -0.15) is 0 Å². The zero-order chi connectivity index (χ0) is 22.4. The molecule has 0 saturated carbocycles. The Balaban J connectivity index is -0.000000113. The highest BCUT2D eigenvalue weighted by Crippen LogP contribution is 2.20. The van der Waals surface area contributed by atoms with Gasteiger partial charge in [0.2, 0.25) is 0 Å². The predicted molar refractivity (Wildman–Crippen MR) is 133 cm³/mol. The first-order chi connectivity index (χ1) is 13.6. The average Bonchev–Trinajstić information content (AvgIpc) is 3.20. The van der Waals surface area contributed by atoms with Crippen LogP contribution in [0.2, 0.25) is 0 Å². The molecule has 0 unspecified atom stereocenters. The number of carboxylic acids is 1. The monoisotopic (exact) mass is 484 g/mol. The fourth-order valence-electron chi connectivity index (χ4n) is 2.61. The number of hydrogen-bond donors (Lipinski definition) is 5. The Morgan fingerprint density at radius 3 is 1.82 bits per heavy atom. The fourth-order valence-corrected chi connectivity index (χ4v) is 2.61. The van der Waals surface area contributed by atoms with Crippen LogP contribution < -0.4 is 16.4 Å². The highest BCUT2D eigenvalue weighted by Gasteiger charge is 2.35. The first-order valence-electron chi connectivity index (χ1n) is 9.73. The second kappa shape index (κ2) is 23.1. The van der Waals surface area contributed by atoms with Gasteiger partial charge in [0, 0.05) is 19.0 Å². The molecule has 2 amide bonds. The number of amides is 2. The third kappa shape index (κ3) is 20.2. The number of aliphatic carboxylic acids is 1. The summed E-state index contributed by atoms with van der Waals surface area (Å²) in [5.41, 5.74) is 5.04. The number of cyclic esters (lactones) is 2. The molecule has 0 spiro atoms. The SMILES string of the molecule is C.C.C.C.CC(=O)O.C[C@@H](N)CO.C[C@@H]1COC(=O)N1.C[C@@H]1COC(=O)N1C1CCNCC1. The first-order valence-corrected chi connectivity index (χ1v) is 9.73. The van der Waals surface area contributed by atoms with E-state index in [2.05, 4.69) is 15.4 Å². The van der Waals surface area contributed by atoms with Crippen molar-refractivity contribution in [3.63, 3.8) is 0 Å². The van der Waals surface area contributed by atoms with Crippen molar-refractivity contribution in [1.82, 2.24) is 15.5 Å². The maximum Gasteiger partial charge on any atom is 0.410 e. The van der Waals surface area contributed by atoms with Gasteiger partial charge >= 0.3 is 12.2 Å². The van der Waals surface area contributed by atoms with Crippen LogP contribution in [0, 0.1) is 0 Å². The van der Waals surface area contributed by atoms with Crippen LogP contribution in [0.15, 0.2) is 0 Å². The van der Waals surface area contributed by atoms with E-state index in [0.29, 0.717) is 19.3 Å². The van der Waals surface area contributed by atoms with Crippen LogP contribution in [0.3, 0.4) is 0 Å². The lowest BCUT2D eigenvalue weighted by atomic mass is 10.0. The van der Waals surface area contributed by atoms with Crippen molar-refractivity contribution in [2.45, 2.75) is 94.4 Å². The number of aliphatic hydroxyl groups is 1. The number of carboxylic acid groups (broad SMARTS) is 1. The third-order valence-corrected chi connectivity index (χ3v) is 3.95. The van der Waals surface area contributed by atoms with Gasteiger partial charge in [-0.25, -0.2) is 9.59 Å². The van der Waals surface area contributed by atoms with Gasteiger partial charge in [-0.15, -0.1) is 0 Å². The van der Waals surface area contributed by atoms with E-state index in [0.717, 1.165) is 32.9 Å². The molecule has 0 bridgehead atoms. The minimum atomic E-state index is -0.833. The Kier molecular flexibility index (Phi) is 28.8. The summed E-state index contributed by atoms with van der Waals surface area (Å²) in [7, 11) is 0. The third-order valence-electron chi connectivity index (χ3n) is 3.95. The van der Waals surface area contributed by atoms with Crippen molar-refractivity contribution in [2.75, 3.05) is 32.9 Å². The molecule has 0 aromatic rings. The number of piperidine rings is 1. The average molecular weight is 485 g/mol. The number of nitrogens with two attached hydrogens (primary N) is 1. The predicted octanol–water partition coefficient (Wildman–Crippen LogP) is 2.66. The van der Waals surface area contributed by atoms with E-state index in [4.69, 9.17) is 25.5 Å².